The lowest BCUT2D eigenvalue weighted by atomic mass is 10.00. The van der Waals surface area contributed by atoms with E-state index in [1.807, 2.05) is 12.1 Å². The Labute approximate surface area is 119 Å². The number of rotatable bonds is 5. The van der Waals surface area contributed by atoms with Gasteiger partial charge in [-0.2, -0.15) is 0 Å². The minimum atomic E-state index is -0.322. The number of methoxy groups -OCH3 is 1. The lowest BCUT2D eigenvalue weighted by Crippen LogP contribution is -2.45. The van der Waals surface area contributed by atoms with Crippen molar-refractivity contribution in [3.05, 3.63) is 35.4 Å². The minimum Gasteiger partial charge on any atom is -0.465 e. The largest absolute Gasteiger partial charge is 0.465 e. The highest BCUT2D eigenvalue weighted by Gasteiger charge is 2.21. The third kappa shape index (κ3) is 3.56. The highest BCUT2D eigenvalue weighted by Crippen LogP contribution is 2.24. The number of carbonyl (C=O) groups excluding carboxylic acids is 1. The van der Waals surface area contributed by atoms with Gasteiger partial charge in [-0.15, -0.1) is 0 Å². The number of carbonyl (C=O) groups is 1. The van der Waals surface area contributed by atoms with Crippen LogP contribution in [-0.2, 0) is 4.74 Å². The molecule has 0 aliphatic carbocycles. The molecule has 0 unspecified atom stereocenters. The van der Waals surface area contributed by atoms with E-state index in [0.29, 0.717) is 12.0 Å². The molecule has 2 rings (SSSR count). The molecule has 1 aromatic rings. The van der Waals surface area contributed by atoms with Gasteiger partial charge in [0.15, 0.2) is 0 Å². The van der Waals surface area contributed by atoms with Crippen LogP contribution in [0.4, 0.5) is 0 Å². The average Bonchev–Trinajstić information content (AvgIpc) is 2.53. The first-order valence-electron chi connectivity index (χ1n) is 7.00. The molecule has 20 heavy (non-hydrogen) atoms. The van der Waals surface area contributed by atoms with E-state index in [2.05, 4.69) is 10.2 Å². The number of esters is 1. The molecule has 1 aromatic carbocycles. The number of aliphatic hydroxyl groups excluding tert-OH is 1. The molecule has 1 heterocycles. The molecular weight excluding hydrogens is 256 g/mol. The smallest absolute Gasteiger partial charge is 0.337 e. The number of hydrogen-bond acceptors (Lipinski definition) is 5. The van der Waals surface area contributed by atoms with Crippen LogP contribution in [0.1, 0.15) is 28.4 Å². The number of nitrogens with one attached hydrogen (secondary N) is 1. The summed E-state index contributed by atoms with van der Waals surface area (Å²) in [6.07, 6.45) is 0.706. The first-order valence-corrected chi connectivity index (χ1v) is 7.00. The van der Waals surface area contributed by atoms with E-state index in [0.717, 1.165) is 31.7 Å². The third-order valence-corrected chi connectivity index (χ3v) is 3.71. The van der Waals surface area contributed by atoms with Crippen LogP contribution in [0.3, 0.4) is 0 Å². The van der Waals surface area contributed by atoms with Crippen molar-refractivity contribution < 1.29 is 14.6 Å². The van der Waals surface area contributed by atoms with Crippen molar-refractivity contribution in [3.8, 4) is 0 Å². The number of benzene rings is 1. The second-order valence-corrected chi connectivity index (χ2v) is 4.93. The summed E-state index contributed by atoms with van der Waals surface area (Å²) in [5.74, 6) is -0.322. The van der Waals surface area contributed by atoms with Crippen molar-refractivity contribution in [2.75, 3.05) is 39.9 Å². The number of hydrogen-bond donors (Lipinski definition) is 2. The number of nitrogens with zero attached hydrogens (tertiary/aromatic N) is 1. The van der Waals surface area contributed by atoms with E-state index in [4.69, 9.17) is 4.74 Å². The van der Waals surface area contributed by atoms with Crippen LogP contribution in [0.25, 0.3) is 0 Å². The Morgan fingerprint density at radius 3 is 2.55 bits per heavy atom. The summed E-state index contributed by atoms with van der Waals surface area (Å²) in [4.78, 5) is 13.8. The van der Waals surface area contributed by atoms with Gasteiger partial charge in [-0.1, -0.05) is 12.1 Å². The zero-order valence-corrected chi connectivity index (χ0v) is 11.8. The molecule has 2 N–H and O–H groups in total. The highest BCUT2D eigenvalue weighted by molar-refractivity contribution is 5.89. The van der Waals surface area contributed by atoms with E-state index in [1.54, 1.807) is 12.1 Å². The van der Waals surface area contributed by atoms with Gasteiger partial charge in [-0.3, -0.25) is 4.90 Å². The van der Waals surface area contributed by atoms with E-state index < -0.39 is 0 Å². The molecule has 0 aromatic heterocycles. The van der Waals surface area contributed by atoms with Crippen molar-refractivity contribution in [2.45, 2.75) is 12.5 Å². The second-order valence-electron chi connectivity index (χ2n) is 4.93. The van der Waals surface area contributed by atoms with Crippen LogP contribution in [0.5, 0.6) is 0 Å². The van der Waals surface area contributed by atoms with Gasteiger partial charge in [0.1, 0.15) is 0 Å². The molecule has 110 valence electrons. The lowest BCUT2D eigenvalue weighted by molar-refractivity contribution is 0.0600. The SMILES string of the molecule is COC(=O)c1ccc([C@@H](CCO)N2CCNCC2)cc1. The summed E-state index contributed by atoms with van der Waals surface area (Å²) in [6, 6.07) is 7.68. The number of aliphatic hydroxyl groups is 1. The van der Waals surface area contributed by atoms with Crippen LogP contribution >= 0.6 is 0 Å². The average molecular weight is 278 g/mol. The van der Waals surface area contributed by atoms with Gasteiger partial charge >= 0.3 is 5.97 Å². The summed E-state index contributed by atoms with van der Waals surface area (Å²) in [5.41, 5.74) is 1.69. The van der Waals surface area contributed by atoms with Crippen molar-refractivity contribution in [1.29, 1.82) is 0 Å². The predicted octanol–water partition coefficient (Wildman–Crippen LogP) is 0.802. The van der Waals surface area contributed by atoms with Crippen LogP contribution in [0.15, 0.2) is 24.3 Å². The molecule has 1 saturated heterocycles. The fourth-order valence-corrected chi connectivity index (χ4v) is 2.64. The van der Waals surface area contributed by atoms with Gasteiger partial charge < -0.3 is 15.2 Å². The molecule has 0 saturated carbocycles. The summed E-state index contributed by atoms with van der Waals surface area (Å²) >= 11 is 0. The molecule has 1 fully saturated rings. The standard InChI is InChI=1S/C15H22N2O3/c1-20-15(19)13-4-2-12(3-5-13)14(6-11-18)17-9-7-16-8-10-17/h2-5,14,16,18H,6-11H2,1H3/t14-/m1/s1. The Hall–Kier alpha value is -1.43. The highest BCUT2D eigenvalue weighted by atomic mass is 16.5. The Kier molecular flexibility index (Phi) is 5.52. The zero-order valence-electron chi connectivity index (χ0n) is 11.8. The summed E-state index contributed by atoms with van der Waals surface area (Å²) in [6.45, 7) is 4.06. The maximum atomic E-state index is 11.4. The molecule has 5 heteroatoms. The second kappa shape index (κ2) is 7.38. The van der Waals surface area contributed by atoms with E-state index in [-0.39, 0.29) is 18.6 Å². The normalized spacial score (nSPS) is 17.7. The zero-order chi connectivity index (χ0) is 14.4. The van der Waals surface area contributed by atoms with Crippen LogP contribution in [0, 0.1) is 0 Å². The molecule has 1 aliphatic heterocycles. The first-order chi connectivity index (χ1) is 9.76. The molecule has 5 nitrogen and oxygen atoms in total. The molecule has 0 bridgehead atoms. The van der Waals surface area contributed by atoms with Crippen molar-refractivity contribution in [1.82, 2.24) is 10.2 Å². The quantitative estimate of drug-likeness (QED) is 0.780. The maximum absolute atomic E-state index is 11.4. The lowest BCUT2D eigenvalue weighted by Gasteiger charge is -2.35. The Morgan fingerprint density at radius 1 is 1.35 bits per heavy atom. The van der Waals surface area contributed by atoms with E-state index >= 15 is 0 Å². The predicted molar refractivity (Wildman–Crippen MR) is 76.7 cm³/mol. The van der Waals surface area contributed by atoms with Crippen molar-refractivity contribution >= 4 is 5.97 Å². The van der Waals surface area contributed by atoms with Gasteiger partial charge in [0.05, 0.1) is 12.7 Å². The Bertz CT molecular complexity index is 427. The molecule has 1 atom stereocenters. The van der Waals surface area contributed by atoms with Gasteiger partial charge in [-0.05, 0) is 24.1 Å². The maximum Gasteiger partial charge on any atom is 0.337 e. The Balaban J connectivity index is 2.13. The summed E-state index contributed by atoms with van der Waals surface area (Å²) < 4.78 is 4.70. The summed E-state index contributed by atoms with van der Waals surface area (Å²) in [5, 5.41) is 12.6. The number of ether oxygens (including phenoxy) is 1. The van der Waals surface area contributed by atoms with Crippen LogP contribution in [-0.4, -0.2) is 55.9 Å². The van der Waals surface area contributed by atoms with E-state index in [9.17, 15) is 9.90 Å². The fourth-order valence-electron chi connectivity index (χ4n) is 2.64. The number of piperazine rings is 1. The fraction of sp³-hybridized carbons (Fsp3) is 0.533. The first kappa shape index (κ1) is 15.0. The van der Waals surface area contributed by atoms with Crippen LogP contribution in [0.2, 0.25) is 0 Å². The topological polar surface area (TPSA) is 61.8 Å². The van der Waals surface area contributed by atoms with Gasteiger partial charge in [-0.25, -0.2) is 4.79 Å². The van der Waals surface area contributed by atoms with Gasteiger partial charge in [0.2, 0.25) is 0 Å². The van der Waals surface area contributed by atoms with Crippen molar-refractivity contribution in [2.24, 2.45) is 0 Å². The Morgan fingerprint density at radius 2 is 2.00 bits per heavy atom. The third-order valence-electron chi connectivity index (χ3n) is 3.71. The van der Waals surface area contributed by atoms with Gasteiger partial charge in [0.25, 0.3) is 0 Å². The molecule has 0 spiro atoms. The molecular formula is C15H22N2O3. The minimum absolute atomic E-state index is 0.160. The molecule has 0 radical (unpaired) electrons. The van der Waals surface area contributed by atoms with Crippen LogP contribution < -0.4 is 5.32 Å². The summed E-state index contributed by atoms with van der Waals surface area (Å²) in [7, 11) is 1.38. The monoisotopic (exact) mass is 278 g/mol. The van der Waals surface area contributed by atoms with Crippen molar-refractivity contribution in [3.63, 3.8) is 0 Å². The van der Waals surface area contributed by atoms with E-state index in [1.165, 1.54) is 7.11 Å². The van der Waals surface area contributed by atoms with Gasteiger partial charge in [0, 0.05) is 38.8 Å². The molecule has 1 aliphatic rings. The molecule has 0 amide bonds.